The maximum absolute atomic E-state index is 11.4. The molecule has 1 aromatic carbocycles. The van der Waals surface area contributed by atoms with Crippen molar-refractivity contribution in [3.05, 3.63) is 42.2 Å². The number of nitrogens with one attached hydrogen (secondary N) is 1. The Balaban J connectivity index is 2.71. The lowest BCUT2D eigenvalue weighted by molar-refractivity contribution is -0.375. The third-order valence-electron chi connectivity index (χ3n) is 2.13. The van der Waals surface area contributed by atoms with Crippen LogP contribution < -0.4 is 4.98 Å². The zero-order chi connectivity index (χ0) is 9.97. The molecule has 0 saturated heterocycles. The predicted molar refractivity (Wildman–Crippen MR) is 51.8 cm³/mol. The summed E-state index contributed by atoms with van der Waals surface area (Å²) in [5.74, 6) is -0.304. The molecule has 0 radical (unpaired) electrons. The Morgan fingerprint density at radius 2 is 2.21 bits per heavy atom. The summed E-state index contributed by atoms with van der Waals surface area (Å²) in [6.07, 6.45) is 3.64. The number of ether oxygens (including phenoxy) is 1. The van der Waals surface area contributed by atoms with Gasteiger partial charge in [0, 0.05) is 16.8 Å². The topological polar surface area (TPSA) is 40.4 Å². The Morgan fingerprint density at radius 3 is 3.00 bits per heavy atom. The Labute approximate surface area is 81.3 Å². The van der Waals surface area contributed by atoms with Crippen LogP contribution in [0.25, 0.3) is 10.8 Å². The Kier molecular flexibility index (Phi) is 2.14. The molecule has 0 bridgehead atoms. The largest absolute Gasteiger partial charge is 0.465 e. The second-order valence-electron chi connectivity index (χ2n) is 2.94. The molecule has 0 saturated carbocycles. The number of esters is 1. The van der Waals surface area contributed by atoms with Gasteiger partial charge in [-0.3, -0.25) is 0 Å². The van der Waals surface area contributed by atoms with Gasteiger partial charge in [-0.1, -0.05) is 6.07 Å². The Hall–Kier alpha value is -1.90. The van der Waals surface area contributed by atoms with Gasteiger partial charge in [0.15, 0.2) is 12.4 Å². The molecule has 3 nitrogen and oxygen atoms in total. The van der Waals surface area contributed by atoms with E-state index in [0.29, 0.717) is 5.56 Å². The van der Waals surface area contributed by atoms with Crippen LogP contribution >= 0.6 is 0 Å². The van der Waals surface area contributed by atoms with Crippen LogP contribution in [-0.2, 0) is 4.74 Å². The number of benzene rings is 1. The van der Waals surface area contributed by atoms with Crippen molar-refractivity contribution in [1.29, 1.82) is 0 Å². The average molecular weight is 188 g/mol. The lowest BCUT2D eigenvalue weighted by Gasteiger charge is -2.01. The van der Waals surface area contributed by atoms with Gasteiger partial charge in [-0.25, -0.2) is 9.78 Å². The number of carbonyl (C=O) groups is 1. The van der Waals surface area contributed by atoms with E-state index in [-0.39, 0.29) is 5.97 Å². The van der Waals surface area contributed by atoms with E-state index in [4.69, 9.17) is 4.74 Å². The van der Waals surface area contributed by atoms with Gasteiger partial charge >= 0.3 is 5.97 Å². The molecule has 0 aliphatic carbocycles. The molecule has 0 amide bonds. The molecule has 1 heterocycles. The lowest BCUT2D eigenvalue weighted by Crippen LogP contribution is -2.04. The Bertz CT molecular complexity index is 474. The number of hydrogen-bond acceptors (Lipinski definition) is 2. The number of aromatic nitrogens is 1. The molecule has 0 atom stereocenters. The quantitative estimate of drug-likeness (QED) is 0.635. The molecule has 3 heteroatoms. The SMILES string of the molecule is COC(=O)c1cccc2c[nH+]ccc12. The monoisotopic (exact) mass is 188 g/mol. The minimum absolute atomic E-state index is 0.304. The summed E-state index contributed by atoms with van der Waals surface area (Å²) in [7, 11) is 1.39. The zero-order valence-corrected chi connectivity index (χ0v) is 7.78. The molecule has 0 aliphatic heterocycles. The minimum Gasteiger partial charge on any atom is -0.465 e. The smallest absolute Gasteiger partial charge is 0.338 e. The first-order valence-electron chi connectivity index (χ1n) is 4.30. The van der Waals surface area contributed by atoms with Crippen molar-refractivity contribution in [2.24, 2.45) is 0 Å². The fourth-order valence-electron chi connectivity index (χ4n) is 1.45. The van der Waals surface area contributed by atoms with Crippen LogP contribution in [0.5, 0.6) is 0 Å². The third-order valence-corrected chi connectivity index (χ3v) is 2.13. The number of fused-ring (bicyclic) bond motifs is 1. The molecule has 0 aliphatic rings. The summed E-state index contributed by atoms with van der Waals surface area (Å²) >= 11 is 0. The molecule has 1 N–H and O–H groups in total. The van der Waals surface area contributed by atoms with Crippen LogP contribution in [0.2, 0.25) is 0 Å². The second-order valence-corrected chi connectivity index (χ2v) is 2.94. The molecule has 0 fully saturated rings. The number of carbonyl (C=O) groups excluding carboxylic acids is 1. The standard InChI is InChI=1S/C11H9NO2/c1-14-11(13)10-4-2-3-8-7-12-6-5-9(8)10/h2-7H,1H3/p+1. The van der Waals surface area contributed by atoms with Crippen molar-refractivity contribution < 1.29 is 14.5 Å². The predicted octanol–water partition coefficient (Wildman–Crippen LogP) is 1.44. The first-order chi connectivity index (χ1) is 6.83. The summed E-state index contributed by atoms with van der Waals surface area (Å²) < 4.78 is 4.70. The summed E-state index contributed by atoms with van der Waals surface area (Å²) in [6.45, 7) is 0. The highest BCUT2D eigenvalue weighted by atomic mass is 16.5. The molecular weight excluding hydrogens is 178 g/mol. The first kappa shape index (κ1) is 8.69. The summed E-state index contributed by atoms with van der Waals surface area (Å²) in [5.41, 5.74) is 0.596. The van der Waals surface area contributed by atoms with Gasteiger partial charge in [0.05, 0.1) is 12.7 Å². The number of hydrogen-bond donors (Lipinski definition) is 0. The van der Waals surface area contributed by atoms with Gasteiger partial charge in [0.1, 0.15) is 0 Å². The van der Waals surface area contributed by atoms with Crippen molar-refractivity contribution in [2.45, 2.75) is 0 Å². The van der Waals surface area contributed by atoms with Crippen molar-refractivity contribution in [2.75, 3.05) is 7.11 Å². The minimum atomic E-state index is -0.304. The first-order valence-corrected chi connectivity index (χ1v) is 4.30. The number of aromatic amines is 1. The maximum atomic E-state index is 11.4. The highest BCUT2D eigenvalue weighted by molar-refractivity contribution is 6.03. The average Bonchev–Trinajstić information content (AvgIpc) is 2.27. The van der Waals surface area contributed by atoms with E-state index < -0.39 is 0 Å². The van der Waals surface area contributed by atoms with Crippen LogP contribution in [0.15, 0.2) is 36.7 Å². The highest BCUT2D eigenvalue weighted by Crippen LogP contribution is 2.16. The van der Waals surface area contributed by atoms with E-state index in [0.717, 1.165) is 10.8 Å². The fourth-order valence-corrected chi connectivity index (χ4v) is 1.45. The van der Waals surface area contributed by atoms with Crippen LogP contribution in [0, 0.1) is 0 Å². The van der Waals surface area contributed by atoms with Crippen LogP contribution in [0.4, 0.5) is 0 Å². The number of pyridine rings is 1. The molecule has 70 valence electrons. The molecule has 14 heavy (non-hydrogen) atoms. The second kappa shape index (κ2) is 3.46. The number of methoxy groups -OCH3 is 1. The van der Waals surface area contributed by atoms with Gasteiger partial charge in [-0.2, -0.15) is 0 Å². The van der Waals surface area contributed by atoms with Crippen LogP contribution in [-0.4, -0.2) is 13.1 Å². The number of rotatable bonds is 1. The van der Waals surface area contributed by atoms with E-state index in [9.17, 15) is 4.79 Å². The number of H-pyrrole nitrogens is 1. The fraction of sp³-hybridized carbons (Fsp3) is 0.0909. The summed E-state index contributed by atoms with van der Waals surface area (Å²) in [5, 5.41) is 1.90. The van der Waals surface area contributed by atoms with E-state index in [1.54, 1.807) is 12.3 Å². The molecular formula is C11H10NO2+. The van der Waals surface area contributed by atoms with Crippen LogP contribution in [0.3, 0.4) is 0 Å². The molecule has 1 aromatic heterocycles. The molecule has 0 unspecified atom stereocenters. The van der Waals surface area contributed by atoms with Gasteiger partial charge < -0.3 is 4.74 Å². The molecule has 2 rings (SSSR count). The van der Waals surface area contributed by atoms with Gasteiger partial charge in [0.2, 0.25) is 0 Å². The maximum Gasteiger partial charge on any atom is 0.338 e. The highest BCUT2D eigenvalue weighted by Gasteiger charge is 2.09. The van der Waals surface area contributed by atoms with Gasteiger partial charge in [0.25, 0.3) is 0 Å². The molecule has 0 spiro atoms. The van der Waals surface area contributed by atoms with E-state index in [2.05, 4.69) is 4.98 Å². The van der Waals surface area contributed by atoms with Crippen molar-refractivity contribution in [3.63, 3.8) is 0 Å². The van der Waals surface area contributed by atoms with E-state index in [1.165, 1.54) is 7.11 Å². The third kappa shape index (κ3) is 1.33. The normalized spacial score (nSPS) is 10.1. The van der Waals surface area contributed by atoms with Crippen molar-refractivity contribution >= 4 is 16.7 Å². The summed E-state index contributed by atoms with van der Waals surface area (Å²) in [4.78, 5) is 14.4. The van der Waals surface area contributed by atoms with E-state index >= 15 is 0 Å². The van der Waals surface area contributed by atoms with Crippen molar-refractivity contribution in [3.8, 4) is 0 Å². The van der Waals surface area contributed by atoms with Gasteiger partial charge in [-0.15, -0.1) is 0 Å². The van der Waals surface area contributed by atoms with E-state index in [1.807, 2.05) is 24.4 Å². The Morgan fingerprint density at radius 1 is 1.36 bits per heavy atom. The lowest BCUT2D eigenvalue weighted by atomic mass is 10.1. The van der Waals surface area contributed by atoms with Crippen molar-refractivity contribution in [1.82, 2.24) is 0 Å². The van der Waals surface area contributed by atoms with Crippen LogP contribution in [0.1, 0.15) is 10.4 Å². The summed E-state index contributed by atoms with van der Waals surface area (Å²) in [6, 6.07) is 7.40. The zero-order valence-electron chi connectivity index (χ0n) is 7.78. The molecule has 2 aromatic rings. The van der Waals surface area contributed by atoms with Gasteiger partial charge in [-0.05, 0) is 12.1 Å².